The average Bonchev–Trinajstić information content (AvgIpc) is 3.39. The number of ether oxygens (including phenoxy) is 1. The molecule has 1 unspecified atom stereocenters. The van der Waals surface area contributed by atoms with Gasteiger partial charge in [-0.05, 0) is 43.2 Å². The molecule has 1 aliphatic heterocycles. The number of anilines is 1. The minimum absolute atomic E-state index is 0.0310. The topological polar surface area (TPSA) is 109 Å². The first-order valence-corrected chi connectivity index (χ1v) is 10.3. The van der Waals surface area contributed by atoms with Crippen molar-refractivity contribution >= 4 is 11.6 Å². The van der Waals surface area contributed by atoms with Crippen LogP contribution in [0, 0.1) is 5.82 Å². The molecular weight excluding hydrogens is 415 g/mol. The summed E-state index contributed by atoms with van der Waals surface area (Å²) in [5.41, 5.74) is 8.07. The molecule has 1 aliphatic rings. The summed E-state index contributed by atoms with van der Waals surface area (Å²) < 4.78 is 23.2. The normalized spacial score (nSPS) is 16.1. The van der Waals surface area contributed by atoms with E-state index in [-0.39, 0.29) is 23.4 Å². The molecule has 3 aromatic heterocycles. The summed E-state index contributed by atoms with van der Waals surface area (Å²) in [6.07, 6.45) is 3.34. The Kier molecular flexibility index (Phi) is 4.86. The zero-order valence-electron chi connectivity index (χ0n) is 17.4. The van der Waals surface area contributed by atoms with Crippen molar-refractivity contribution in [2.45, 2.75) is 25.5 Å². The van der Waals surface area contributed by atoms with E-state index in [1.165, 1.54) is 31.8 Å². The molecule has 1 fully saturated rings. The Morgan fingerprint density at radius 3 is 2.59 bits per heavy atom. The zero-order chi connectivity index (χ0) is 22.4. The van der Waals surface area contributed by atoms with Crippen LogP contribution in [0.15, 0.2) is 52.2 Å². The van der Waals surface area contributed by atoms with Gasteiger partial charge in [0.2, 0.25) is 11.5 Å². The van der Waals surface area contributed by atoms with E-state index in [9.17, 15) is 14.0 Å². The third-order valence-corrected chi connectivity index (χ3v) is 5.65. The molecule has 1 saturated heterocycles. The fourth-order valence-corrected chi connectivity index (χ4v) is 4.03. The van der Waals surface area contributed by atoms with Crippen LogP contribution >= 0.6 is 0 Å². The molecule has 2 N–H and O–H groups in total. The van der Waals surface area contributed by atoms with Crippen molar-refractivity contribution < 1.29 is 9.13 Å². The van der Waals surface area contributed by atoms with E-state index in [1.54, 1.807) is 31.4 Å². The third-order valence-electron chi connectivity index (χ3n) is 5.65. The largest absolute Gasteiger partial charge is 0.376 e. The Labute approximate surface area is 181 Å². The lowest BCUT2D eigenvalue weighted by Gasteiger charge is -2.12. The number of benzene rings is 1. The Hall–Kier alpha value is -3.79. The summed E-state index contributed by atoms with van der Waals surface area (Å²) in [5.74, 6) is -0.417. The van der Waals surface area contributed by atoms with E-state index in [4.69, 9.17) is 10.5 Å². The van der Waals surface area contributed by atoms with Crippen molar-refractivity contribution in [3.63, 3.8) is 0 Å². The quantitative estimate of drug-likeness (QED) is 0.523. The molecule has 0 bridgehead atoms. The van der Waals surface area contributed by atoms with Crippen LogP contribution in [0.3, 0.4) is 0 Å². The Morgan fingerprint density at radius 2 is 1.91 bits per heavy atom. The standard InChI is InChI=1S/C22H21FN6O3/c1-27-11-14(6-9-17(27)30)18-19(13-4-7-15(23)8-5-13)25-21(24)29-20(18)26-28(22(29)31)12-16-3-2-10-32-16/h4-9,11,16H,2-3,10,12H2,1H3,(H2,24,25). The van der Waals surface area contributed by atoms with Crippen LogP contribution < -0.4 is 17.0 Å². The van der Waals surface area contributed by atoms with E-state index in [1.807, 2.05) is 0 Å². The monoisotopic (exact) mass is 436 g/mol. The molecule has 5 rings (SSSR count). The second-order valence-corrected chi connectivity index (χ2v) is 7.83. The lowest BCUT2D eigenvalue weighted by Crippen LogP contribution is -2.28. The summed E-state index contributed by atoms with van der Waals surface area (Å²) in [6, 6.07) is 8.89. The summed E-state index contributed by atoms with van der Waals surface area (Å²) in [4.78, 5) is 29.6. The van der Waals surface area contributed by atoms with Crippen LogP contribution in [0.25, 0.3) is 28.0 Å². The van der Waals surface area contributed by atoms with Gasteiger partial charge < -0.3 is 15.0 Å². The lowest BCUT2D eigenvalue weighted by molar-refractivity contribution is 0.0931. The van der Waals surface area contributed by atoms with Crippen molar-refractivity contribution in [2.24, 2.45) is 7.05 Å². The molecule has 10 heteroatoms. The van der Waals surface area contributed by atoms with E-state index in [0.29, 0.717) is 41.2 Å². The molecule has 4 heterocycles. The number of pyridine rings is 1. The predicted molar refractivity (Wildman–Crippen MR) is 117 cm³/mol. The highest BCUT2D eigenvalue weighted by atomic mass is 19.1. The molecule has 0 radical (unpaired) electrons. The molecule has 1 aromatic carbocycles. The molecule has 32 heavy (non-hydrogen) atoms. The molecule has 0 spiro atoms. The van der Waals surface area contributed by atoms with Gasteiger partial charge >= 0.3 is 5.69 Å². The Balaban J connectivity index is 1.80. The number of nitrogens with zero attached hydrogens (tertiary/aromatic N) is 5. The highest BCUT2D eigenvalue weighted by molar-refractivity contribution is 5.90. The second-order valence-electron chi connectivity index (χ2n) is 7.83. The Morgan fingerprint density at radius 1 is 1.16 bits per heavy atom. The van der Waals surface area contributed by atoms with Gasteiger partial charge in [0.25, 0.3) is 0 Å². The van der Waals surface area contributed by atoms with Gasteiger partial charge in [0, 0.05) is 37.0 Å². The smallest absolute Gasteiger partial charge is 0.353 e. The van der Waals surface area contributed by atoms with Crippen LogP contribution in [-0.4, -0.2) is 36.4 Å². The molecule has 0 aliphatic carbocycles. The molecule has 0 saturated carbocycles. The van der Waals surface area contributed by atoms with Crippen molar-refractivity contribution in [3.05, 3.63) is 69.3 Å². The maximum absolute atomic E-state index is 13.5. The number of fused-ring (bicyclic) bond motifs is 1. The van der Waals surface area contributed by atoms with Crippen LogP contribution in [0.4, 0.5) is 10.3 Å². The fraction of sp³-hybridized carbons (Fsp3) is 0.273. The SMILES string of the molecule is Cn1cc(-c2c(-c3ccc(F)cc3)nc(N)n3c(=O)n(CC4CCCO4)nc23)ccc1=O. The van der Waals surface area contributed by atoms with Gasteiger partial charge in [0.1, 0.15) is 5.82 Å². The molecule has 1 atom stereocenters. The highest BCUT2D eigenvalue weighted by Crippen LogP contribution is 2.34. The molecule has 9 nitrogen and oxygen atoms in total. The fourth-order valence-electron chi connectivity index (χ4n) is 4.03. The molecule has 164 valence electrons. The van der Waals surface area contributed by atoms with Crippen molar-refractivity contribution in [2.75, 3.05) is 12.3 Å². The number of halogens is 1. The lowest BCUT2D eigenvalue weighted by atomic mass is 10.0. The van der Waals surface area contributed by atoms with Crippen LogP contribution in [-0.2, 0) is 18.3 Å². The van der Waals surface area contributed by atoms with Gasteiger partial charge in [-0.25, -0.2) is 23.3 Å². The van der Waals surface area contributed by atoms with E-state index < -0.39 is 5.69 Å². The average molecular weight is 436 g/mol. The van der Waals surface area contributed by atoms with Crippen LogP contribution in [0.2, 0.25) is 0 Å². The summed E-state index contributed by atoms with van der Waals surface area (Å²) in [6.45, 7) is 0.965. The summed E-state index contributed by atoms with van der Waals surface area (Å²) in [7, 11) is 1.63. The van der Waals surface area contributed by atoms with Crippen molar-refractivity contribution in [3.8, 4) is 22.4 Å². The number of nitrogen functional groups attached to an aromatic ring is 1. The van der Waals surface area contributed by atoms with Gasteiger partial charge in [-0.15, -0.1) is 5.10 Å². The van der Waals surface area contributed by atoms with Crippen molar-refractivity contribution in [1.82, 2.24) is 23.7 Å². The first-order chi connectivity index (χ1) is 15.4. The Bertz CT molecular complexity index is 1430. The van der Waals surface area contributed by atoms with E-state index in [0.717, 1.165) is 12.8 Å². The van der Waals surface area contributed by atoms with Gasteiger partial charge in [-0.2, -0.15) is 0 Å². The number of aryl methyl sites for hydroxylation is 1. The number of rotatable bonds is 4. The van der Waals surface area contributed by atoms with Gasteiger partial charge in [0.05, 0.1) is 23.9 Å². The minimum atomic E-state index is -0.419. The van der Waals surface area contributed by atoms with E-state index >= 15 is 0 Å². The molecular formula is C22H21FN6O3. The zero-order valence-corrected chi connectivity index (χ0v) is 17.4. The van der Waals surface area contributed by atoms with E-state index in [2.05, 4.69) is 10.1 Å². The molecule has 0 amide bonds. The highest BCUT2D eigenvalue weighted by Gasteiger charge is 2.24. The third kappa shape index (κ3) is 3.38. The number of hydrogen-bond donors (Lipinski definition) is 1. The second kappa shape index (κ2) is 7.72. The van der Waals surface area contributed by atoms with Gasteiger partial charge in [-0.1, -0.05) is 0 Å². The minimum Gasteiger partial charge on any atom is -0.376 e. The summed E-state index contributed by atoms with van der Waals surface area (Å²) >= 11 is 0. The predicted octanol–water partition coefficient (Wildman–Crippen LogP) is 1.82. The maximum atomic E-state index is 13.5. The number of nitrogens with two attached hydrogens (primary N) is 1. The molecule has 4 aromatic rings. The van der Waals surface area contributed by atoms with Crippen LogP contribution in [0.1, 0.15) is 12.8 Å². The summed E-state index contributed by atoms with van der Waals surface area (Å²) in [5, 5.41) is 4.57. The van der Waals surface area contributed by atoms with Crippen molar-refractivity contribution in [1.29, 1.82) is 0 Å². The first kappa shape index (κ1) is 20.1. The van der Waals surface area contributed by atoms with Gasteiger partial charge in [0.15, 0.2) is 5.65 Å². The number of hydrogen-bond acceptors (Lipinski definition) is 6. The van der Waals surface area contributed by atoms with Crippen LogP contribution in [0.5, 0.6) is 0 Å². The van der Waals surface area contributed by atoms with Gasteiger partial charge in [-0.3, -0.25) is 4.79 Å². The number of aromatic nitrogens is 5. The maximum Gasteiger partial charge on any atom is 0.353 e. The first-order valence-electron chi connectivity index (χ1n) is 10.3.